The third-order valence-corrected chi connectivity index (χ3v) is 2.52. The Labute approximate surface area is 91.5 Å². The first-order chi connectivity index (χ1) is 7.42. The molecular weight excluding hydrogens is 184 g/mol. The van der Waals surface area contributed by atoms with E-state index in [1.807, 2.05) is 18.2 Å². The highest BCUT2D eigenvalue weighted by molar-refractivity contribution is 5.27. The quantitative estimate of drug-likeness (QED) is 0.414. The molecule has 1 heteroatoms. The van der Waals surface area contributed by atoms with E-state index in [9.17, 15) is 0 Å². The van der Waals surface area contributed by atoms with E-state index in [1.54, 1.807) is 0 Å². The van der Waals surface area contributed by atoms with E-state index in [1.165, 1.54) is 18.4 Å². The Bertz CT molecular complexity index is 358. The van der Waals surface area contributed by atoms with Gasteiger partial charge in [-0.05, 0) is 12.0 Å². The molecule has 1 aromatic carbocycles. The molecule has 1 aromatic rings. The second-order valence-corrected chi connectivity index (χ2v) is 3.81. The maximum Gasteiger partial charge on any atom is 0.149 e. The molecule has 0 amide bonds. The third-order valence-electron chi connectivity index (χ3n) is 2.52. The Kier molecular flexibility index (Phi) is 3.42. The molecule has 0 saturated carbocycles. The van der Waals surface area contributed by atoms with Crippen LogP contribution in [0, 0.1) is 11.8 Å². The van der Waals surface area contributed by atoms with Gasteiger partial charge in [-0.2, -0.15) is 0 Å². The van der Waals surface area contributed by atoms with E-state index in [0.717, 1.165) is 6.42 Å². The molecule has 2 rings (SSSR count). The van der Waals surface area contributed by atoms with Crippen LogP contribution in [-0.4, -0.2) is 6.10 Å². The molecule has 1 saturated heterocycles. The molecule has 78 valence electrons. The zero-order chi connectivity index (χ0) is 10.5. The van der Waals surface area contributed by atoms with Crippen LogP contribution in [0.2, 0.25) is 0 Å². The lowest BCUT2D eigenvalue weighted by Crippen LogP contribution is -1.84. The molecule has 0 radical (unpaired) electrons. The largest absolute Gasteiger partial charge is 0.351 e. The van der Waals surface area contributed by atoms with Crippen LogP contribution in [0.5, 0.6) is 0 Å². The van der Waals surface area contributed by atoms with E-state index >= 15 is 0 Å². The molecule has 2 atom stereocenters. The number of ether oxygens (including phenoxy) is 1. The summed E-state index contributed by atoms with van der Waals surface area (Å²) in [5, 5.41) is 0. The van der Waals surface area contributed by atoms with Crippen molar-refractivity contribution in [2.45, 2.75) is 38.4 Å². The van der Waals surface area contributed by atoms with Gasteiger partial charge >= 0.3 is 0 Å². The summed E-state index contributed by atoms with van der Waals surface area (Å²) in [6.45, 7) is 2.18. The van der Waals surface area contributed by atoms with Crippen molar-refractivity contribution in [2.24, 2.45) is 0 Å². The van der Waals surface area contributed by atoms with Crippen molar-refractivity contribution in [3.8, 4) is 11.8 Å². The molecule has 0 spiro atoms. The van der Waals surface area contributed by atoms with Gasteiger partial charge in [0, 0.05) is 6.42 Å². The lowest BCUT2D eigenvalue weighted by Gasteiger charge is -1.91. The van der Waals surface area contributed by atoms with Crippen molar-refractivity contribution < 1.29 is 4.74 Å². The van der Waals surface area contributed by atoms with Gasteiger partial charge in [0.25, 0.3) is 0 Å². The fourth-order valence-electron chi connectivity index (χ4n) is 1.56. The molecule has 1 heterocycles. The highest BCUT2D eigenvalue weighted by Crippen LogP contribution is 2.37. The predicted octanol–water partition coefficient (Wildman–Crippen LogP) is 3.32. The smallest absolute Gasteiger partial charge is 0.149 e. The summed E-state index contributed by atoms with van der Waals surface area (Å²) in [6.07, 6.45) is 3.76. The average Bonchev–Trinajstić information content (AvgIpc) is 3.05. The molecule has 1 aliphatic heterocycles. The summed E-state index contributed by atoms with van der Waals surface area (Å²) >= 11 is 0. The van der Waals surface area contributed by atoms with Crippen LogP contribution in [0.4, 0.5) is 0 Å². The normalized spacial score (nSPS) is 23.0. The first kappa shape index (κ1) is 10.3. The molecule has 1 nitrogen and oxygen atoms in total. The Morgan fingerprint density at radius 2 is 2.07 bits per heavy atom. The van der Waals surface area contributed by atoms with Gasteiger partial charge in [0.05, 0.1) is 0 Å². The van der Waals surface area contributed by atoms with Gasteiger partial charge in [-0.1, -0.05) is 49.6 Å². The van der Waals surface area contributed by atoms with Crippen LogP contribution in [0.25, 0.3) is 0 Å². The summed E-state index contributed by atoms with van der Waals surface area (Å²) < 4.78 is 5.51. The Balaban J connectivity index is 1.83. The fraction of sp³-hybridized carbons (Fsp3) is 0.429. The molecule has 0 bridgehead atoms. The van der Waals surface area contributed by atoms with Crippen molar-refractivity contribution in [1.29, 1.82) is 0 Å². The summed E-state index contributed by atoms with van der Waals surface area (Å²) in [5.41, 5.74) is 1.24. The number of unbranched alkanes of at least 4 members (excludes halogenated alkanes) is 2. The first-order valence-corrected chi connectivity index (χ1v) is 5.60. The summed E-state index contributed by atoms with van der Waals surface area (Å²) in [7, 11) is 0. The monoisotopic (exact) mass is 200 g/mol. The molecule has 0 unspecified atom stereocenters. The highest BCUT2D eigenvalue weighted by atomic mass is 16.6. The molecule has 0 aromatic heterocycles. The number of epoxide rings is 1. The Morgan fingerprint density at radius 3 is 2.80 bits per heavy atom. The van der Waals surface area contributed by atoms with E-state index in [4.69, 9.17) is 4.74 Å². The number of benzene rings is 1. The highest BCUT2D eigenvalue weighted by Gasteiger charge is 2.38. The van der Waals surface area contributed by atoms with Crippen molar-refractivity contribution in [2.75, 3.05) is 0 Å². The number of hydrogen-bond acceptors (Lipinski definition) is 1. The SMILES string of the molecule is CCCCC#C[C@@H]1O[C@@H]1c1ccccc1. The maximum absolute atomic E-state index is 5.51. The van der Waals surface area contributed by atoms with Crippen molar-refractivity contribution in [3.63, 3.8) is 0 Å². The van der Waals surface area contributed by atoms with Crippen LogP contribution in [0.15, 0.2) is 30.3 Å². The minimum Gasteiger partial charge on any atom is -0.351 e. The van der Waals surface area contributed by atoms with Gasteiger partial charge in [0.2, 0.25) is 0 Å². The summed E-state index contributed by atoms with van der Waals surface area (Å²) in [4.78, 5) is 0. The minimum atomic E-state index is 0.143. The van der Waals surface area contributed by atoms with Crippen molar-refractivity contribution >= 4 is 0 Å². The van der Waals surface area contributed by atoms with Crippen LogP contribution < -0.4 is 0 Å². The predicted molar refractivity (Wildman–Crippen MR) is 61.4 cm³/mol. The second kappa shape index (κ2) is 5.00. The van der Waals surface area contributed by atoms with Crippen LogP contribution in [0.3, 0.4) is 0 Å². The average molecular weight is 200 g/mol. The van der Waals surface area contributed by atoms with Gasteiger partial charge in [0.1, 0.15) is 12.2 Å². The van der Waals surface area contributed by atoms with Crippen molar-refractivity contribution in [3.05, 3.63) is 35.9 Å². The third kappa shape index (κ3) is 2.84. The molecule has 0 N–H and O–H groups in total. The van der Waals surface area contributed by atoms with E-state index in [0.29, 0.717) is 0 Å². The van der Waals surface area contributed by atoms with Gasteiger partial charge in [-0.3, -0.25) is 0 Å². The van der Waals surface area contributed by atoms with Crippen LogP contribution in [0.1, 0.15) is 37.9 Å². The van der Waals surface area contributed by atoms with E-state index in [-0.39, 0.29) is 12.2 Å². The zero-order valence-corrected chi connectivity index (χ0v) is 9.07. The molecule has 1 fully saturated rings. The van der Waals surface area contributed by atoms with Gasteiger partial charge in [0.15, 0.2) is 0 Å². The Hall–Kier alpha value is -1.26. The molecule has 1 aliphatic rings. The minimum absolute atomic E-state index is 0.143. The maximum atomic E-state index is 5.51. The van der Waals surface area contributed by atoms with Gasteiger partial charge in [-0.25, -0.2) is 0 Å². The lowest BCUT2D eigenvalue weighted by molar-refractivity contribution is 0.397. The standard InChI is InChI=1S/C14H16O/c1-2-3-4-8-11-13-14(15-13)12-9-6-5-7-10-12/h5-7,9-10,13-14H,2-4H2,1H3/t13-,14+/m0/s1. The van der Waals surface area contributed by atoms with Crippen LogP contribution >= 0.6 is 0 Å². The summed E-state index contributed by atoms with van der Waals surface area (Å²) in [6, 6.07) is 10.3. The summed E-state index contributed by atoms with van der Waals surface area (Å²) in [5.74, 6) is 6.34. The van der Waals surface area contributed by atoms with Crippen LogP contribution in [-0.2, 0) is 4.74 Å². The van der Waals surface area contributed by atoms with E-state index < -0.39 is 0 Å². The van der Waals surface area contributed by atoms with Gasteiger partial charge in [-0.15, -0.1) is 5.92 Å². The van der Waals surface area contributed by atoms with Gasteiger partial charge < -0.3 is 4.74 Å². The first-order valence-electron chi connectivity index (χ1n) is 5.60. The van der Waals surface area contributed by atoms with E-state index in [2.05, 4.69) is 30.9 Å². The van der Waals surface area contributed by atoms with Crippen molar-refractivity contribution in [1.82, 2.24) is 0 Å². The zero-order valence-electron chi connectivity index (χ0n) is 9.07. The second-order valence-electron chi connectivity index (χ2n) is 3.81. The molecular formula is C14H16O. The lowest BCUT2D eigenvalue weighted by atomic mass is 10.1. The molecule has 15 heavy (non-hydrogen) atoms. The Morgan fingerprint density at radius 1 is 1.27 bits per heavy atom. The fourth-order valence-corrected chi connectivity index (χ4v) is 1.56. The molecule has 0 aliphatic carbocycles. The topological polar surface area (TPSA) is 12.5 Å². The number of rotatable bonds is 3. The number of hydrogen-bond donors (Lipinski definition) is 0.